The lowest BCUT2D eigenvalue weighted by Gasteiger charge is -2.29. The molecule has 1 N–H and O–H groups in total. The molecule has 122 valence electrons. The Morgan fingerprint density at radius 2 is 1.76 bits per heavy atom. The van der Waals surface area contributed by atoms with Crippen molar-refractivity contribution in [2.24, 2.45) is 11.3 Å². The molecule has 1 amide bonds. The van der Waals surface area contributed by atoms with E-state index >= 15 is 0 Å². The first kappa shape index (κ1) is 16.8. The molecule has 0 spiro atoms. The van der Waals surface area contributed by atoms with E-state index < -0.39 is 0 Å². The average molecular weight is 294 g/mol. The molecule has 3 heteroatoms. The number of likely N-dealkylation sites (tertiary alicyclic amines) is 1. The van der Waals surface area contributed by atoms with Gasteiger partial charge in [-0.2, -0.15) is 0 Å². The smallest absolute Gasteiger partial charge is 0.223 e. The zero-order chi connectivity index (χ0) is 15.3. The van der Waals surface area contributed by atoms with Crippen molar-refractivity contribution in [1.82, 2.24) is 10.2 Å². The molecular weight excluding hydrogens is 260 g/mol. The van der Waals surface area contributed by atoms with E-state index in [0.717, 1.165) is 25.6 Å². The van der Waals surface area contributed by atoms with Crippen LogP contribution in [0, 0.1) is 11.3 Å². The van der Waals surface area contributed by atoms with E-state index in [-0.39, 0.29) is 0 Å². The lowest BCUT2D eigenvalue weighted by atomic mass is 9.76. The fourth-order valence-corrected chi connectivity index (χ4v) is 3.88. The van der Waals surface area contributed by atoms with E-state index in [1.165, 1.54) is 44.9 Å². The molecule has 0 aromatic carbocycles. The van der Waals surface area contributed by atoms with Crippen LogP contribution in [0.3, 0.4) is 0 Å². The van der Waals surface area contributed by atoms with Crippen LogP contribution in [0.25, 0.3) is 0 Å². The Labute approximate surface area is 130 Å². The van der Waals surface area contributed by atoms with Crippen LogP contribution in [0.15, 0.2) is 0 Å². The number of carbonyl (C=O) groups is 1. The summed E-state index contributed by atoms with van der Waals surface area (Å²) in [7, 11) is 0. The van der Waals surface area contributed by atoms with Gasteiger partial charge in [0.05, 0.1) is 0 Å². The first-order chi connectivity index (χ1) is 9.97. The number of rotatable bonds is 4. The second-order valence-electron chi connectivity index (χ2n) is 8.06. The Kier molecular flexibility index (Phi) is 6.09. The Morgan fingerprint density at radius 3 is 2.43 bits per heavy atom. The van der Waals surface area contributed by atoms with Crippen LogP contribution in [-0.2, 0) is 4.79 Å². The molecule has 3 nitrogen and oxygen atoms in total. The lowest BCUT2D eigenvalue weighted by Crippen LogP contribution is -2.34. The molecule has 0 bridgehead atoms. The SMILES string of the molecule is CC(C)(C)C1CCCC(NCCC(=O)N2CCCC2)CC1. The minimum absolute atomic E-state index is 0.348. The number of nitrogens with zero attached hydrogens (tertiary/aromatic N) is 1. The number of amides is 1. The fraction of sp³-hybridized carbons (Fsp3) is 0.944. The van der Waals surface area contributed by atoms with Gasteiger partial charge in [-0.1, -0.05) is 27.2 Å². The molecule has 2 rings (SSSR count). The van der Waals surface area contributed by atoms with Crippen LogP contribution < -0.4 is 5.32 Å². The zero-order valence-electron chi connectivity index (χ0n) is 14.3. The Balaban J connectivity index is 1.66. The van der Waals surface area contributed by atoms with Crippen molar-refractivity contribution in [3.8, 4) is 0 Å². The second kappa shape index (κ2) is 7.62. The first-order valence-electron chi connectivity index (χ1n) is 8.98. The topological polar surface area (TPSA) is 32.3 Å². The van der Waals surface area contributed by atoms with Gasteiger partial charge >= 0.3 is 0 Å². The van der Waals surface area contributed by atoms with Gasteiger partial charge in [0.15, 0.2) is 0 Å². The molecule has 1 heterocycles. The zero-order valence-corrected chi connectivity index (χ0v) is 14.3. The van der Waals surface area contributed by atoms with Crippen molar-refractivity contribution < 1.29 is 4.79 Å². The third kappa shape index (κ3) is 5.28. The minimum Gasteiger partial charge on any atom is -0.343 e. The summed E-state index contributed by atoms with van der Waals surface area (Å²) in [6.07, 6.45) is 9.66. The molecule has 0 radical (unpaired) electrons. The molecule has 2 fully saturated rings. The molecule has 0 aromatic rings. The van der Waals surface area contributed by atoms with Gasteiger partial charge in [-0.3, -0.25) is 4.79 Å². The van der Waals surface area contributed by atoms with Crippen LogP contribution >= 0.6 is 0 Å². The maximum absolute atomic E-state index is 12.0. The quantitative estimate of drug-likeness (QED) is 0.804. The van der Waals surface area contributed by atoms with Crippen LogP contribution in [-0.4, -0.2) is 36.5 Å². The van der Waals surface area contributed by atoms with E-state index in [9.17, 15) is 4.79 Å². The monoisotopic (exact) mass is 294 g/mol. The van der Waals surface area contributed by atoms with Crippen molar-refractivity contribution >= 4 is 5.91 Å². The summed E-state index contributed by atoms with van der Waals surface area (Å²) in [5.41, 5.74) is 0.445. The molecule has 2 unspecified atom stereocenters. The summed E-state index contributed by atoms with van der Waals surface area (Å²) in [5.74, 6) is 1.21. The molecule has 2 atom stereocenters. The molecular formula is C18H34N2O. The molecule has 0 aromatic heterocycles. The van der Waals surface area contributed by atoms with E-state index in [4.69, 9.17) is 0 Å². The molecule has 1 saturated heterocycles. The number of hydrogen-bond donors (Lipinski definition) is 1. The fourth-order valence-electron chi connectivity index (χ4n) is 3.88. The van der Waals surface area contributed by atoms with Gasteiger partial charge in [0.25, 0.3) is 0 Å². The lowest BCUT2D eigenvalue weighted by molar-refractivity contribution is -0.130. The van der Waals surface area contributed by atoms with E-state index in [1.807, 2.05) is 4.90 Å². The van der Waals surface area contributed by atoms with Crippen molar-refractivity contribution in [2.75, 3.05) is 19.6 Å². The van der Waals surface area contributed by atoms with E-state index in [1.54, 1.807) is 0 Å². The third-order valence-corrected chi connectivity index (χ3v) is 5.42. The van der Waals surface area contributed by atoms with Crippen molar-refractivity contribution in [3.63, 3.8) is 0 Å². The van der Waals surface area contributed by atoms with Gasteiger partial charge in [-0.15, -0.1) is 0 Å². The summed E-state index contributed by atoms with van der Waals surface area (Å²) in [4.78, 5) is 14.1. The molecule has 1 aliphatic heterocycles. The Morgan fingerprint density at radius 1 is 1.05 bits per heavy atom. The standard InChI is InChI=1S/C18H34N2O/c1-18(2,3)15-7-6-8-16(10-9-15)19-12-11-17(21)20-13-4-5-14-20/h15-16,19H,4-14H2,1-3H3. The highest BCUT2D eigenvalue weighted by Gasteiger charge is 2.27. The Hall–Kier alpha value is -0.570. The highest BCUT2D eigenvalue weighted by Crippen LogP contribution is 2.36. The summed E-state index contributed by atoms with van der Waals surface area (Å²) in [5, 5.41) is 3.64. The van der Waals surface area contributed by atoms with Crippen LogP contribution in [0.5, 0.6) is 0 Å². The minimum atomic E-state index is 0.348. The summed E-state index contributed by atoms with van der Waals surface area (Å²) in [6.45, 7) is 9.95. The molecule has 2 aliphatic rings. The first-order valence-corrected chi connectivity index (χ1v) is 8.98. The normalized spacial score (nSPS) is 27.7. The van der Waals surface area contributed by atoms with Crippen molar-refractivity contribution in [2.45, 2.75) is 78.2 Å². The van der Waals surface area contributed by atoms with Crippen LogP contribution in [0.4, 0.5) is 0 Å². The number of carbonyl (C=O) groups excluding carboxylic acids is 1. The maximum Gasteiger partial charge on any atom is 0.223 e. The summed E-state index contributed by atoms with van der Waals surface area (Å²) < 4.78 is 0. The summed E-state index contributed by atoms with van der Waals surface area (Å²) in [6, 6.07) is 0.628. The van der Waals surface area contributed by atoms with Crippen molar-refractivity contribution in [3.05, 3.63) is 0 Å². The van der Waals surface area contributed by atoms with Gasteiger partial charge in [-0.25, -0.2) is 0 Å². The third-order valence-electron chi connectivity index (χ3n) is 5.42. The predicted molar refractivity (Wildman–Crippen MR) is 88.3 cm³/mol. The van der Waals surface area contributed by atoms with E-state index in [0.29, 0.717) is 23.8 Å². The Bertz CT molecular complexity index is 329. The molecule has 1 saturated carbocycles. The maximum atomic E-state index is 12.0. The van der Waals surface area contributed by atoms with Crippen LogP contribution in [0.1, 0.15) is 72.1 Å². The molecule has 21 heavy (non-hydrogen) atoms. The van der Waals surface area contributed by atoms with Gasteiger partial charge in [0, 0.05) is 32.1 Å². The second-order valence-corrected chi connectivity index (χ2v) is 8.06. The predicted octanol–water partition coefficient (Wildman–Crippen LogP) is 3.58. The largest absolute Gasteiger partial charge is 0.343 e. The van der Waals surface area contributed by atoms with Gasteiger partial charge in [-0.05, 0) is 49.9 Å². The summed E-state index contributed by atoms with van der Waals surface area (Å²) >= 11 is 0. The number of nitrogens with one attached hydrogen (secondary N) is 1. The number of hydrogen-bond acceptors (Lipinski definition) is 2. The van der Waals surface area contributed by atoms with Crippen molar-refractivity contribution in [1.29, 1.82) is 0 Å². The molecule has 1 aliphatic carbocycles. The van der Waals surface area contributed by atoms with Gasteiger partial charge in [0.1, 0.15) is 0 Å². The van der Waals surface area contributed by atoms with Crippen LogP contribution in [0.2, 0.25) is 0 Å². The van der Waals surface area contributed by atoms with E-state index in [2.05, 4.69) is 26.1 Å². The average Bonchev–Trinajstić information content (AvgIpc) is 2.84. The highest BCUT2D eigenvalue weighted by molar-refractivity contribution is 5.76. The van der Waals surface area contributed by atoms with Gasteiger partial charge < -0.3 is 10.2 Å². The van der Waals surface area contributed by atoms with Gasteiger partial charge in [0.2, 0.25) is 5.91 Å². The highest BCUT2D eigenvalue weighted by atomic mass is 16.2.